The minimum absolute atomic E-state index is 0.00303. The second kappa shape index (κ2) is 8.65. The van der Waals surface area contributed by atoms with Crippen LogP contribution in [-0.2, 0) is 11.3 Å². The highest BCUT2D eigenvalue weighted by atomic mass is 35.5. The third kappa shape index (κ3) is 4.41. The summed E-state index contributed by atoms with van der Waals surface area (Å²) in [5.41, 5.74) is -0.485. The van der Waals surface area contributed by atoms with Crippen molar-refractivity contribution in [1.29, 1.82) is 5.26 Å². The van der Waals surface area contributed by atoms with Gasteiger partial charge in [-0.25, -0.2) is 4.98 Å². The standard InChI is InChI=1S/C23H17ClF2N6O3/c1-12-10-34-11-19-30-18-7-13(6-17(21(18)32(12)19)20-14(8-27)9-28-31-20)22(33)29-15-2-4-16(5-3-15)35-23(24,25)26/h2-7,9,12H,10-11H2,1H3,(H,28,31)(H,29,33)/t12-/m1/s1. The number of alkyl halides is 3. The molecule has 1 aliphatic rings. The van der Waals surface area contributed by atoms with Gasteiger partial charge in [-0.1, -0.05) is 0 Å². The number of aromatic nitrogens is 4. The highest BCUT2D eigenvalue weighted by Crippen LogP contribution is 2.35. The topological polar surface area (TPSA) is 118 Å². The van der Waals surface area contributed by atoms with E-state index < -0.39 is 11.5 Å². The van der Waals surface area contributed by atoms with Crippen LogP contribution in [0.15, 0.2) is 42.6 Å². The molecule has 0 bridgehead atoms. The van der Waals surface area contributed by atoms with Gasteiger partial charge in [0.15, 0.2) is 0 Å². The number of carbonyl (C=O) groups is 1. The van der Waals surface area contributed by atoms with Crippen LogP contribution < -0.4 is 10.1 Å². The predicted molar refractivity (Wildman–Crippen MR) is 122 cm³/mol. The number of ether oxygens (including phenoxy) is 2. The molecule has 2 aromatic carbocycles. The van der Waals surface area contributed by atoms with Gasteiger partial charge in [-0.2, -0.15) is 10.4 Å². The van der Waals surface area contributed by atoms with Crippen LogP contribution in [0.4, 0.5) is 14.5 Å². The maximum absolute atomic E-state index is 13.1. The highest BCUT2D eigenvalue weighted by molar-refractivity contribution is 6.20. The van der Waals surface area contributed by atoms with Crippen LogP contribution in [-0.4, -0.2) is 37.8 Å². The normalized spacial score (nSPS) is 15.5. The molecule has 0 unspecified atom stereocenters. The molecule has 5 rings (SSSR count). The van der Waals surface area contributed by atoms with Gasteiger partial charge >= 0.3 is 5.57 Å². The molecule has 0 radical (unpaired) electrons. The van der Waals surface area contributed by atoms with Crippen molar-refractivity contribution < 1.29 is 23.0 Å². The van der Waals surface area contributed by atoms with E-state index in [0.29, 0.717) is 47.1 Å². The van der Waals surface area contributed by atoms with Gasteiger partial charge in [0.2, 0.25) is 0 Å². The van der Waals surface area contributed by atoms with E-state index in [1.54, 1.807) is 12.1 Å². The Labute approximate surface area is 202 Å². The second-order valence-corrected chi connectivity index (χ2v) is 8.39. The fourth-order valence-electron chi connectivity index (χ4n) is 4.09. The first kappa shape index (κ1) is 22.8. The van der Waals surface area contributed by atoms with E-state index in [1.807, 2.05) is 11.5 Å². The number of fused-ring (bicyclic) bond motifs is 3. The lowest BCUT2D eigenvalue weighted by Gasteiger charge is -2.23. The molecule has 0 saturated carbocycles. The molecule has 0 saturated heterocycles. The number of anilines is 1. The van der Waals surface area contributed by atoms with Gasteiger partial charge in [0.05, 0.1) is 41.1 Å². The molecule has 35 heavy (non-hydrogen) atoms. The summed E-state index contributed by atoms with van der Waals surface area (Å²) >= 11 is 4.78. The van der Waals surface area contributed by atoms with Crippen molar-refractivity contribution >= 4 is 34.2 Å². The zero-order valence-corrected chi connectivity index (χ0v) is 18.9. The van der Waals surface area contributed by atoms with E-state index in [0.717, 1.165) is 5.52 Å². The highest BCUT2D eigenvalue weighted by Gasteiger charge is 2.28. The lowest BCUT2D eigenvalue weighted by Crippen LogP contribution is -2.21. The smallest absolute Gasteiger partial charge is 0.420 e. The maximum atomic E-state index is 13.1. The van der Waals surface area contributed by atoms with E-state index in [-0.39, 0.29) is 17.4 Å². The molecule has 4 aromatic rings. The minimum Gasteiger partial charge on any atom is -0.420 e. The molecule has 178 valence electrons. The lowest BCUT2D eigenvalue weighted by molar-refractivity contribution is -0.0964. The van der Waals surface area contributed by atoms with Crippen LogP contribution in [0, 0.1) is 11.3 Å². The summed E-state index contributed by atoms with van der Waals surface area (Å²) in [4.78, 5) is 17.8. The van der Waals surface area contributed by atoms with Gasteiger partial charge in [-0.15, -0.1) is 8.78 Å². The summed E-state index contributed by atoms with van der Waals surface area (Å²) in [7, 11) is 0. The van der Waals surface area contributed by atoms with Gasteiger partial charge in [0.1, 0.15) is 24.3 Å². The fraction of sp³-hybridized carbons (Fsp3) is 0.217. The van der Waals surface area contributed by atoms with E-state index in [9.17, 15) is 18.8 Å². The van der Waals surface area contributed by atoms with Gasteiger partial charge < -0.3 is 19.4 Å². The molecule has 1 aliphatic heterocycles. The number of benzene rings is 2. The van der Waals surface area contributed by atoms with Crippen molar-refractivity contribution in [2.75, 3.05) is 11.9 Å². The molecule has 2 aromatic heterocycles. The first-order valence-corrected chi connectivity index (χ1v) is 10.8. The maximum Gasteiger partial charge on any atom is 0.487 e. The summed E-state index contributed by atoms with van der Waals surface area (Å²) in [6, 6.07) is 10.8. The molecule has 2 N–H and O–H groups in total. The van der Waals surface area contributed by atoms with Crippen molar-refractivity contribution in [3.63, 3.8) is 0 Å². The first-order chi connectivity index (χ1) is 16.7. The number of nitriles is 1. The minimum atomic E-state index is -3.84. The summed E-state index contributed by atoms with van der Waals surface area (Å²) in [6.07, 6.45) is 1.42. The van der Waals surface area contributed by atoms with Crippen LogP contribution in [0.25, 0.3) is 22.3 Å². The second-order valence-electron chi connectivity index (χ2n) is 7.95. The van der Waals surface area contributed by atoms with Crippen molar-refractivity contribution in [3.05, 3.63) is 59.5 Å². The number of imidazole rings is 1. The Morgan fingerprint density at radius 2 is 2.14 bits per heavy atom. The van der Waals surface area contributed by atoms with Crippen LogP contribution in [0.2, 0.25) is 0 Å². The number of aromatic amines is 1. The zero-order chi connectivity index (χ0) is 24.7. The predicted octanol–water partition coefficient (Wildman–Crippen LogP) is 4.81. The molecule has 0 spiro atoms. The van der Waals surface area contributed by atoms with Crippen LogP contribution in [0.3, 0.4) is 0 Å². The molecular weight excluding hydrogens is 482 g/mol. The van der Waals surface area contributed by atoms with Crippen molar-refractivity contribution in [1.82, 2.24) is 19.7 Å². The van der Waals surface area contributed by atoms with Crippen LogP contribution >= 0.6 is 11.6 Å². The number of nitrogens with one attached hydrogen (secondary N) is 2. The van der Waals surface area contributed by atoms with Crippen LogP contribution in [0.5, 0.6) is 5.75 Å². The number of rotatable bonds is 5. The Kier molecular flexibility index (Phi) is 5.62. The number of halogens is 3. The summed E-state index contributed by atoms with van der Waals surface area (Å²) in [5.74, 6) is 0.0926. The molecule has 1 amide bonds. The molecule has 1 atom stereocenters. The van der Waals surface area contributed by atoms with Crippen molar-refractivity contribution in [3.8, 4) is 23.1 Å². The number of amides is 1. The average Bonchev–Trinajstić information content (AvgIpc) is 3.43. The quantitative estimate of drug-likeness (QED) is 0.381. The Bertz CT molecular complexity index is 1470. The number of hydrogen-bond acceptors (Lipinski definition) is 6. The number of carbonyl (C=O) groups excluding carboxylic acids is 1. The molecule has 3 heterocycles. The van der Waals surface area contributed by atoms with Crippen LogP contribution in [0.1, 0.15) is 34.7 Å². The monoisotopic (exact) mass is 498 g/mol. The Morgan fingerprint density at radius 1 is 1.37 bits per heavy atom. The Morgan fingerprint density at radius 3 is 2.86 bits per heavy atom. The summed E-state index contributed by atoms with van der Waals surface area (Å²) in [5, 5.41) is 19.1. The van der Waals surface area contributed by atoms with Gasteiger partial charge in [-0.05, 0) is 43.3 Å². The Hall–Kier alpha value is -4.01. The summed E-state index contributed by atoms with van der Waals surface area (Å²) < 4.78 is 37.6. The van der Waals surface area contributed by atoms with Gasteiger partial charge in [0, 0.05) is 28.4 Å². The van der Waals surface area contributed by atoms with Gasteiger partial charge in [0.25, 0.3) is 5.91 Å². The van der Waals surface area contributed by atoms with Gasteiger partial charge in [-0.3, -0.25) is 9.89 Å². The molecule has 12 heteroatoms. The van der Waals surface area contributed by atoms with E-state index in [2.05, 4.69) is 31.3 Å². The number of hydrogen-bond donors (Lipinski definition) is 2. The molecule has 0 aliphatic carbocycles. The fourth-order valence-corrected chi connectivity index (χ4v) is 4.18. The zero-order valence-electron chi connectivity index (χ0n) is 18.2. The Balaban J connectivity index is 1.55. The first-order valence-electron chi connectivity index (χ1n) is 10.5. The average molecular weight is 499 g/mol. The van der Waals surface area contributed by atoms with Crippen molar-refractivity contribution in [2.24, 2.45) is 0 Å². The van der Waals surface area contributed by atoms with E-state index in [1.165, 1.54) is 30.5 Å². The largest absolute Gasteiger partial charge is 0.487 e. The molecular formula is C23H17ClF2N6O3. The molecule has 9 nitrogen and oxygen atoms in total. The third-order valence-corrected chi connectivity index (χ3v) is 5.60. The molecule has 0 fully saturated rings. The number of H-pyrrole nitrogens is 1. The SMILES string of the molecule is C[C@@H]1COCc2nc3cc(C(=O)Nc4ccc(OC(F)(F)Cl)cc4)cc(-c4[nH]ncc4C#N)c3n21. The van der Waals surface area contributed by atoms with Crippen molar-refractivity contribution in [2.45, 2.75) is 25.1 Å². The van der Waals surface area contributed by atoms with E-state index >= 15 is 0 Å². The summed E-state index contributed by atoms with van der Waals surface area (Å²) in [6.45, 7) is 2.83. The third-order valence-electron chi connectivity index (χ3n) is 5.53. The lowest BCUT2D eigenvalue weighted by atomic mass is 10.0. The number of nitrogens with zero attached hydrogens (tertiary/aromatic N) is 4. The van der Waals surface area contributed by atoms with E-state index in [4.69, 9.17) is 16.3 Å².